The zero-order chi connectivity index (χ0) is 13.1. The van der Waals surface area contributed by atoms with Crippen LogP contribution in [0.3, 0.4) is 0 Å². The number of rotatable bonds is 3. The van der Waals surface area contributed by atoms with Gasteiger partial charge in [0.05, 0.1) is 6.33 Å². The third kappa shape index (κ3) is 3.00. The molecule has 0 bridgehead atoms. The standard InChI is InChI=1S/C15H25N3S/c1-19-14-6-2-5-13(8-14)18-11-17-10-15(18)12-4-3-7-16-9-12/h10-14,16H,2-9H2,1H3. The molecule has 19 heavy (non-hydrogen) atoms. The molecule has 1 aliphatic heterocycles. The normalized spacial score (nSPS) is 32.4. The number of aromatic nitrogens is 2. The molecule has 106 valence electrons. The predicted octanol–water partition coefficient (Wildman–Crippen LogP) is 3.20. The molecule has 0 radical (unpaired) electrons. The number of hydrogen-bond acceptors (Lipinski definition) is 3. The molecule has 1 N–H and O–H groups in total. The average molecular weight is 279 g/mol. The summed E-state index contributed by atoms with van der Waals surface area (Å²) >= 11 is 2.04. The third-order valence-corrected chi connectivity index (χ3v) is 5.83. The van der Waals surface area contributed by atoms with E-state index in [9.17, 15) is 0 Å². The quantitative estimate of drug-likeness (QED) is 0.921. The molecule has 2 heterocycles. The monoisotopic (exact) mass is 279 g/mol. The zero-order valence-electron chi connectivity index (χ0n) is 11.8. The van der Waals surface area contributed by atoms with Gasteiger partial charge in [-0.05, 0) is 44.9 Å². The molecule has 1 saturated carbocycles. The van der Waals surface area contributed by atoms with Crippen LogP contribution in [-0.2, 0) is 0 Å². The minimum Gasteiger partial charge on any atom is -0.331 e. The van der Waals surface area contributed by atoms with E-state index in [4.69, 9.17) is 0 Å². The Hall–Kier alpha value is -0.480. The van der Waals surface area contributed by atoms with E-state index in [1.807, 2.05) is 11.8 Å². The van der Waals surface area contributed by atoms with Crippen molar-refractivity contribution in [2.24, 2.45) is 0 Å². The summed E-state index contributed by atoms with van der Waals surface area (Å²) in [6.45, 7) is 2.31. The maximum absolute atomic E-state index is 4.45. The van der Waals surface area contributed by atoms with Gasteiger partial charge in [-0.3, -0.25) is 0 Å². The van der Waals surface area contributed by atoms with Crippen molar-refractivity contribution in [2.45, 2.75) is 55.7 Å². The lowest BCUT2D eigenvalue weighted by atomic mass is 9.92. The van der Waals surface area contributed by atoms with Gasteiger partial charge in [-0.15, -0.1) is 0 Å². The highest BCUT2D eigenvalue weighted by atomic mass is 32.2. The van der Waals surface area contributed by atoms with Crippen LogP contribution in [0, 0.1) is 0 Å². The molecule has 1 saturated heterocycles. The smallest absolute Gasteiger partial charge is 0.0950 e. The Bertz CT molecular complexity index is 398. The molecule has 3 nitrogen and oxygen atoms in total. The maximum Gasteiger partial charge on any atom is 0.0950 e. The van der Waals surface area contributed by atoms with Crippen LogP contribution in [0.4, 0.5) is 0 Å². The Morgan fingerprint density at radius 1 is 1.32 bits per heavy atom. The Balaban J connectivity index is 1.75. The lowest BCUT2D eigenvalue weighted by Gasteiger charge is -2.32. The van der Waals surface area contributed by atoms with Gasteiger partial charge < -0.3 is 9.88 Å². The molecule has 4 heteroatoms. The van der Waals surface area contributed by atoms with Crippen LogP contribution in [-0.4, -0.2) is 34.1 Å². The van der Waals surface area contributed by atoms with Crippen LogP contribution in [0.15, 0.2) is 12.5 Å². The minimum absolute atomic E-state index is 0.672. The van der Waals surface area contributed by atoms with Crippen molar-refractivity contribution in [3.63, 3.8) is 0 Å². The van der Waals surface area contributed by atoms with E-state index in [1.54, 1.807) is 0 Å². The summed E-state index contributed by atoms with van der Waals surface area (Å²) in [5.74, 6) is 0.672. The number of imidazole rings is 1. The number of piperidine rings is 1. The molecular weight excluding hydrogens is 254 g/mol. The summed E-state index contributed by atoms with van der Waals surface area (Å²) in [5, 5.41) is 4.37. The van der Waals surface area contributed by atoms with Crippen LogP contribution in [0.2, 0.25) is 0 Å². The zero-order valence-corrected chi connectivity index (χ0v) is 12.7. The van der Waals surface area contributed by atoms with Crippen LogP contribution >= 0.6 is 11.8 Å². The summed E-state index contributed by atoms with van der Waals surface area (Å²) in [6.07, 6.45) is 14.5. The van der Waals surface area contributed by atoms with Crippen LogP contribution in [0.5, 0.6) is 0 Å². The second kappa shape index (κ2) is 6.31. The lowest BCUT2D eigenvalue weighted by Crippen LogP contribution is -2.30. The molecule has 1 aliphatic carbocycles. The SMILES string of the molecule is CSC1CCCC(n2cncc2C2CCCNC2)C1. The second-order valence-electron chi connectivity index (χ2n) is 5.95. The van der Waals surface area contributed by atoms with E-state index in [0.717, 1.165) is 11.8 Å². The highest BCUT2D eigenvalue weighted by Gasteiger charge is 2.26. The molecule has 0 aromatic carbocycles. The van der Waals surface area contributed by atoms with Gasteiger partial charge in [0, 0.05) is 35.6 Å². The van der Waals surface area contributed by atoms with E-state index in [1.165, 1.54) is 50.8 Å². The maximum atomic E-state index is 4.45. The van der Waals surface area contributed by atoms with Crippen LogP contribution in [0.25, 0.3) is 0 Å². The van der Waals surface area contributed by atoms with Crippen molar-refractivity contribution in [1.29, 1.82) is 0 Å². The molecule has 0 amide bonds. The highest BCUT2D eigenvalue weighted by Crippen LogP contribution is 2.36. The van der Waals surface area contributed by atoms with Crippen molar-refractivity contribution >= 4 is 11.8 Å². The van der Waals surface area contributed by atoms with Gasteiger partial charge >= 0.3 is 0 Å². The summed E-state index contributed by atoms with van der Waals surface area (Å²) in [4.78, 5) is 4.45. The van der Waals surface area contributed by atoms with E-state index in [2.05, 4.69) is 33.6 Å². The predicted molar refractivity (Wildman–Crippen MR) is 81.9 cm³/mol. The topological polar surface area (TPSA) is 29.9 Å². The largest absolute Gasteiger partial charge is 0.331 e. The Morgan fingerprint density at radius 3 is 3.05 bits per heavy atom. The lowest BCUT2D eigenvalue weighted by molar-refractivity contribution is 0.340. The number of nitrogens with one attached hydrogen (secondary N) is 1. The second-order valence-corrected chi connectivity index (χ2v) is 7.09. The first kappa shape index (κ1) is 13.5. The summed E-state index contributed by atoms with van der Waals surface area (Å²) in [6, 6.07) is 0.686. The highest BCUT2D eigenvalue weighted by molar-refractivity contribution is 7.99. The van der Waals surface area contributed by atoms with Crippen LogP contribution < -0.4 is 5.32 Å². The fourth-order valence-corrected chi connectivity index (χ4v) is 4.44. The number of nitrogens with zero attached hydrogens (tertiary/aromatic N) is 2. The average Bonchev–Trinajstić information content (AvgIpc) is 2.98. The molecule has 1 aromatic rings. The Kier molecular flexibility index (Phi) is 4.49. The van der Waals surface area contributed by atoms with Gasteiger partial charge in [-0.1, -0.05) is 6.42 Å². The van der Waals surface area contributed by atoms with Crippen LogP contribution in [0.1, 0.15) is 56.2 Å². The molecule has 1 aromatic heterocycles. The van der Waals surface area contributed by atoms with E-state index in [-0.39, 0.29) is 0 Å². The molecule has 3 rings (SSSR count). The van der Waals surface area contributed by atoms with Crippen molar-refractivity contribution in [3.05, 3.63) is 18.2 Å². The summed E-state index contributed by atoms with van der Waals surface area (Å²) in [5.41, 5.74) is 1.47. The fourth-order valence-electron chi connectivity index (χ4n) is 3.63. The third-order valence-electron chi connectivity index (χ3n) is 4.74. The summed E-state index contributed by atoms with van der Waals surface area (Å²) in [7, 11) is 0. The Morgan fingerprint density at radius 2 is 2.26 bits per heavy atom. The van der Waals surface area contributed by atoms with Gasteiger partial charge in [-0.25, -0.2) is 4.98 Å². The molecule has 2 aliphatic rings. The van der Waals surface area contributed by atoms with E-state index >= 15 is 0 Å². The first-order chi connectivity index (χ1) is 9.38. The first-order valence-electron chi connectivity index (χ1n) is 7.63. The van der Waals surface area contributed by atoms with Gasteiger partial charge in [-0.2, -0.15) is 11.8 Å². The van der Waals surface area contributed by atoms with Crippen molar-refractivity contribution in [3.8, 4) is 0 Å². The van der Waals surface area contributed by atoms with E-state index < -0.39 is 0 Å². The summed E-state index contributed by atoms with van der Waals surface area (Å²) < 4.78 is 2.50. The molecule has 3 unspecified atom stereocenters. The molecule has 0 spiro atoms. The van der Waals surface area contributed by atoms with Crippen molar-refractivity contribution in [2.75, 3.05) is 19.3 Å². The minimum atomic E-state index is 0.672. The first-order valence-corrected chi connectivity index (χ1v) is 8.92. The van der Waals surface area contributed by atoms with Crippen molar-refractivity contribution < 1.29 is 0 Å². The molecule has 2 fully saturated rings. The Labute approximate surface area is 120 Å². The van der Waals surface area contributed by atoms with Gasteiger partial charge in [0.15, 0.2) is 0 Å². The number of thioether (sulfide) groups is 1. The molecular formula is C15H25N3S. The van der Waals surface area contributed by atoms with E-state index in [0.29, 0.717) is 12.0 Å². The fraction of sp³-hybridized carbons (Fsp3) is 0.800. The molecule has 3 atom stereocenters. The van der Waals surface area contributed by atoms with Gasteiger partial charge in [0.2, 0.25) is 0 Å². The van der Waals surface area contributed by atoms with Crippen molar-refractivity contribution in [1.82, 2.24) is 14.9 Å². The van der Waals surface area contributed by atoms with Gasteiger partial charge in [0.1, 0.15) is 0 Å². The van der Waals surface area contributed by atoms with Gasteiger partial charge in [0.25, 0.3) is 0 Å². The number of hydrogen-bond donors (Lipinski definition) is 1.